The smallest absolute Gasteiger partial charge is 0.234 e. The largest absolute Gasteiger partial charge is 0.351 e. The highest BCUT2D eigenvalue weighted by molar-refractivity contribution is 7.09. The van der Waals surface area contributed by atoms with Gasteiger partial charge in [-0.1, -0.05) is 13.0 Å². The van der Waals surface area contributed by atoms with E-state index < -0.39 is 0 Å². The molecule has 2 aromatic rings. The zero-order chi connectivity index (χ0) is 15.1. The van der Waals surface area contributed by atoms with Gasteiger partial charge in [0.1, 0.15) is 5.01 Å². The summed E-state index contributed by atoms with van der Waals surface area (Å²) < 4.78 is 0. The fourth-order valence-electron chi connectivity index (χ4n) is 1.89. The second-order valence-corrected chi connectivity index (χ2v) is 5.91. The minimum absolute atomic E-state index is 0.0323. The Morgan fingerprint density at radius 3 is 2.90 bits per heavy atom. The third-order valence-corrected chi connectivity index (χ3v) is 4.50. The molecule has 21 heavy (non-hydrogen) atoms. The van der Waals surface area contributed by atoms with Gasteiger partial charge in [-0.05, 0) is 25.0 Å². The SMILES string of the molecule is CC[C@@](C)(NCC(=O)NCc1cccnc1)c1nccs1. The molecule has 0 bridgehead atoms. The van der Waals surface area contributed by atoms with E-state index in [2.05, 4.69) is 34.4 Å². The van der Waals surface area contributed by atoms with E-state index in [9.17, 15) is 4.79 Å². The average molecular weight is 304 g/mol. The van der Waals surface area contributed by atoms with Crippen LogP contribution in [0.5, 0.6) is 0 Å². The standard InChI is InChI=1S/C15H20N4OS/c1-3-15(2,14-17-7-8-21-14)19-11-13(20)18-10-12-5-4-6-16-9-12/h4-9,19H,3,10-11H2,1-2H3,(H,18,20)/t15-/m1/s1. The van der Waals surface area contributed by atoms with Gasteiger partial charge in [0.2, 0.25) is 5.91 Å². The molecule has 0 saturated carbocycles. The summed E-state index contributed by atoms with van der Waals surface area (Å²) in [6.07, 6.45) is 6.13. The van der Waals surface area contributed by atoms with Crippen LogP contribution >= 0.6 is 11.3 Å². The number of nitrogens with one attached hydrogen (secondary N) is 2. The van der Waals surface area contributed by atoms with E-state index in [-0.39, 0.29) is 18.0 Å². The second kappa shape index (κ2) is 7.28. The summed E-state index contributed by atoms with van der Waals surface area (Å²) in [6.45, 7) is 4.92. The van der Waals surface area contributed by atoms with E-state index in [0.29, 0.717) is 6.54 Å². The number of pyridine rings is 1. The summed E-state index contributed by atoms with van der Waals surface area (Å²) >= 11 is 1.60. The van der Waals surface area contributed by atoms with Gasteiger partial charge in [0.15, 0.2) is 0 Å². The normalized spacial score (nSPS) is 13.6. The van der Waals surface area contributed by atoms with Crippen LogP contribution in [0.3, 0.4) is 0 Å². The molecule has 0 radical (unpaired) electrons. The Kier molecular flexibility index (Phi) is 5.41. The zero-order valence-corrected chi connectivity index (χ0v) is 13.1. The lowest BCUT2D eigenvalue weighted by Gasteiger charge is -2.27. The minimum Gasteiger partial charge on any atom is -0.351 e. The molecular weight excluding hydrogens is 284 g/mol. The number of carbonyl (C=O) groups is 1. The minimum atomic E-state index is -0.264. The van der Waals surface area contributed by atoms with Crippen LogP contribution in [0.15, 0.2) is 36.1 Å². The molecule has 0 aliphatic carbocycles. The van der Waals surface area contributed by atoms with Crippen LogP contribution in [0.1, 0.15) is 30.8 Å². The van der Waals surface area contributed by atoms with E-state index in [0.717, 1.165) is 17.0 Å². The number of amides is 1. The lowest BCUT2D eigenvalue weighted by Crippen LogP contribution is -2.44. The molecule has 6 heteroatoms. The van der Waals surface area contributed by atoms with E-state index in [4.69, 9.17) is 0 Å². The fourth-order valence-corrected chi connectivity index (χ4v) is 2.74. The Balaban J connectivity index is 1.83. The van der Waals surface area contributed by atoms with Gasteiger partial charge >= 0.3 is 0 Å². The first kappa shape index (κ1) is 15.6. The van der Waals surface area contributed by atoms with Gasteiger partial charge < -0.3 is 5.32 Å². The summed E-state index contributed by atoms with van der Waals surface area (Å²) in [5.41, 5.74) is 0.726. The highest BCUT2D eigenvalue weighted by Gasteiger charge is 2.27. The summed E-state index contributed by atoms with van der Waals surface area (Å²) in [6, 6.07) is 3.79. The van der Waals surface area contributed by atoms with Gasteiger partial charge in [0, 0.05) is 30.5 Å². The maximum Gasteiger partial charge on any atom is 0.234 e. The third-order valence-electron chi connectivity index (χ3n) is 3.46. The van der Waals surface area contributed by atoms with Gasteiger partial charge in [-0.2, -0.15) is 0 Å². The molecular formula is C15H20N4OS. The number of thiazole rings is 1. The molecule has 112 valence electrons. The number of carbonyl (C=O) groups excluding carboxylic acids is 1. The molecule has 0 saturated heterocycles. The molecule has 1 atom stereocenters. The first-order valence-electron chi connectivity index (χ1n) is 6.94. The lowest BCUT2D eigenvalue weighted by molar-refractivity contribution is -0.120. The van der Waals surface area contributed by atoms with Crippen molar-refractivity contribution in [1.82, 2.24) is 20.6 Å². The summed E-state index contributed by atoms with van der Waals surface area (Å²) in [5, 5.41) is 9.14. The topological polar surface area (TPSA) is 66.9 Å². The van der Waals surface area contributed by atoms with Crippen LogP contribution in [0.4, 0.5) is 0 Å². The van der Waals surface area contributed by atoms with E-state index in [1.54, 1.807) is 29.9 Å². The highest BCUT2D eigenvalue weighted by atomic mass is 32.1. The lowest BCUT2D eigenvalue weighted by atomic mass is 10.00. The van der Waals surface area contributed by atoms with Crippen LogP contribution in [0.2, 0.25) is 0 Å². The molecule has 2 aromatic heterocycles. The van der Waals surface area contributed by atoms with Crippen LogP contribution < -0.4 is 10.6 Å². The van der Waals surface area contributed by atoms with Gasteiger partial charge in [-0.15, -0.1) is 11.3 Å². The Morgan fingerprint density at radius 2 is 2.29 bits per heavy atom. The first-order valence-corrected chi connectivity index (χ1v) is 7.82. The molecule has 5 nitrogen and oxygen atoms in total. The van der Waals surface area contributed by atoms with Crippen LogP contribution in [-0.4, -0.2) is 22.4 Å². The van der Waals surface area contributed by atoms with Gasteiger partial charge in [-0.25, -0.2) is 4.98 Å². The van der Waals surface area contributed by atoms with Gasteiger partial charge in [0.25, 0.3) is 0 Å². The quantitative estimate of drug-likeness (QED) is 0.822. The van der Waals surface area contributed by atoms with E-state index in [1.165, 1.54) is 0 Å². The Morgan fingerprint density at radius 1 is 1.43 bits per heavy atom. The monoisotopic (exact) mass is 304 g/mol. The van der Waals surface area contributed by atoms with Gasteiger partial charge in [-0.3, -0.25) is 15.1 Å². The fraction of sp³-hybridized carbons (Fsp3) is 0.400. The molecule has 2 N–H and O–H groups in total. The molecule has 0 spiro atoms. The maximum atomic E-state index is 11.9. The number of rotatable bonds is 7. The third kappa shape index (κ3) is 4.34. The van der Waals surface area contributed by atoms with Crippen LogP contribution in [0, 0.1) is 0 Å². The molecule has 2 heterocycles. The highest BCUT2D eigenvalue weighted by Crippen LogP contribution is 2.25. The summed E-state index contributed by atoms with van der Waals surface area (Å²) in [4.78, 5) is 20.3. The molecule has 0 unspecified atom stereocenters. The molecule has 0 fully saturated rings. The van der Waals surface area contributed by atoms with Crippen molar-refractivity contribution in [3.63, 3.8) is 0 Å². The van der Waals surface area contributed by atoms with Crippen molar-refractivity contribution >= 4 is 17.2 Å². The van der Waals surface area contributed by atoms with Crippen molar-refractivity contribution in [3.8, 4) is 0 Å². The van der Waals surface area contributed by atoms with Crippen molar-refractivity contribution in [3.05, 3.63) is 46.7 Å². The van der Waals surface area contributed by atoms with E-state index in [1.807, 2.05) is 17.5 Å². The second-order valence-electron chi connectivity index (χ2n) is 5.01. The number of nitrogens with zero attached hydrogens (tertiary/aromatic N) is 2. The van der Waals surface area contributed by atoms with Crippen molar-refractivity contribution in [2.45, 2.75) is 32.4 Å². The Labute approximate surface area is 128 Å². The van der Waals surface area contributed by atoms with Crippen molar-refractivity contribution in [2.75, 3.05) is 6.54 Å². The molecule has 0 aromatic carbocycles. The summed E-state index contributed by atoms with van der Waals surface area (Å²) in [7, 11) is 0. The predicted molar refractivity (Wildman–Crippen MR) is 83.8 cm³/mol. The maximum absolute atomic E-state index is 11.9. The molecule has 0 aliphatic heterocycles. The molecule has 2 rings (SSSR count). The van der Waals surface area contributed by atoms with Gasteiger partial charge in [0.05, 0.1) is 12.1 Å². The van der Waals surface area contributed by atoms with Crippen LogP contribution in [-0.2, 0) is 16.9 Å². The average Bonchev–Trinajstić information content (AvgIpc) is 3.06. The Bertz CT molecular complexity index is 558. The number of hydrogen-bond donors (Lipinski definition) is 2. The van der Waals surface area contributed by atoms with Crippen molar-refractivity contribution in [1.29, 1.82) is 0 Å². The number of hydrogen-bond acceptors (Lipinski definition) is 5. The molecule has 0 aliphatic rings. The molecule has 1 amide bonds. The van der Waals surface area contributed by atoms with E-state index >= 15 is 0 Å². The predicted octanol–water partition coefficient (Wildman–Crippen LogP) is 2.07. The number of aromatic nitrogens is 2. The summed E-state index contributed by atoms with van der Waals surface area (Å²) in [5.74, 6) is -0.0323. The van der Waals surface area contributed by atoms with Crippen molar-refractivity contribution < 1.29 is 4.79 Å². The first-order chi connectivity index (χ1) is 10.1. The van der Waals surface area contributed by atoms with Crippen molar-refractivity contribution in [2.24, 2.45) is 0 Å². The Hall–Kier alpha value is -1.79. The van der Waals surface area contributed by atoms with Crippen LogP contribution in [0.25, 0.3) is 0 Å². The zero-order valence-electron chi connectivity index (χ0n) is 12.3.